The maximum atomic E-state index is 13.1. The molecule has 2 saturated carbocycles. The van der Waals surface area contributed by atoms with Crippen molar-refractivity contribution >= 4 is 17.6 Å². The molecule has 9 heteroatoms. The number of hydrogen-bond donors (Lipinski definition) is 1. The van der Waals surface area contributed by atoms with Crippen LogP contribution in [0.4, 0.5) is 4.79 Å². The molecule has 0 atom stereocenters. The molecule has 4 aliphatic rings. The summed E-state index contributed by atoms with van der Waals surface area (Å²) in [6.45, 7) is 4.22. The number of likely N-dealkylation sites (tertiary alicyclic amines) is 2. The third kappa shape index (κ3) is 4.51. The number of benzene rings is 1. The maximum absolute atomic E-state index is 13.1. The lowest BCUT2D eigenvalue weighted by Gasteiger charge is -2.59. The van der Waals surface area contributed by atoms with Crippen LogP contribution in [0, 0.1) is 5.41 Å². The van der Waals surface area contributed by atoms with Gasteiger partial charge in [-0.15, -0.1) is 0 Å². The van der Waals surface area contributed by atoms with Crippen molar-refractivity contribution < 1.29 is 9.53 Å². The largest absolute Gasteiger partial charge is 0.496 e. The second kappa shape index (κ2) is 8.96. The first-order chi connectivity index (χ1) is 16.9. The van der Waals surface area contributed by atoms with Crippen LogP contribution in [-0.4, -0.2) is 82.3 Å². The maximum Gasteiger partial charge on any atom is 0.320 e. The van der Waals surface area contributed by atoms with Crippen LogP contribution in [0.1, 0.15) is 67.6 Å². The van der Waals surface area contributed by atoms with Gasteiger partial charge in [-0.2, -0.15) is 5.10 Å². The number of carbonyl (C=O) groups is 1. The van der Waals surface area contributed by atoms with E-state index in [0.717, 1.165) is 81.4 Å². The number of aromatic nitrogens is 3. The second-order valence-corrected chi connectivity index (χ2v) is 11.6. The SMILES string of the molecule is COc1cc(Cl)ccc1CN(C)C1CCN(C(=O)N2CC3(CC(c4n[nH]c(C5CC5)n4)C3)C2)CC1. The Morgan fingerprint density at radius 3 is 2.60 bits per heavy atom. The first-order valence-electron chi connectivity index (χ1n) is 12.9. The molecule has 6 rings (SSSR count). The number of nitrogens with one attached hydrogen (secondary N) is 1. The van der Waals surface area contributed by atoms with Crippen LogP contribution in [0.5, 0.6) is 5.75 Å². The summed E-state index contributed by atoms with van der Waals surface area (Å²) in [7, 11) is 3.84. The molecule has 0 radical (unpaired) electrons. The van der Waals surface area contributed by atoms with E-state index in [4.69, 9.17) is 21.3 Å². The number of rotatable bonds is 6. The molecular weight excluding hydrogens is 464 g/mol. The number of carbonyl (C=O) groups excluding carboxylic acids is 1. The van der Waals surface area contributed by atoms with Crippen LogP contribution in [0.3, 0.4) is 0 Å². The van der Waals surface area contributed by atoms with Gasteiger partial charge < -0.3 is 14.5 Å². The number of ether oxygens (including phenoxy) is 1. The first-order valence-corrected chi connectivity index (χ1v) is 13.3. The normalized spacial score (nSPS) is 22.4. The smallest absolute Gasteiger partial charge is 0.320 e. The molecule has 8 nitrogen and oxygen atoms in total. The lowest BCUT2D eigenvalue weighted by atomic mass is 9.57. The van der Waals surface area contributed by atoms with E-state index in [1.807, 2.05) is 28.0 Å². The van der Waals surface area contributed by atoms with Crippen LogP contribution in [0.25, 0.3) is 0 Å². The fourth-order valence-electron chi connectivity index (χ4n) is 6.28. The van der Waals surface area contributed by atoms with E-state index in [0.29, 0.717) is 28.3 Å². The highest BCUT2D eigenvalue weighted by molar-refractivity contribution is 6.30. The van der Waals surface area contributed by atoms with Crippen molar-refractivity contribution in [1.82, 2.24) is 29.9 Å². The minimum absolute atomic E-state index is 0.216. The Bertz CT molecular complexity index is 1080. The van der Waals surface area contributed by atoms with Gasteiger partial charge >= 0.3 is 6.03 Å². The summed E-state index contributed by atoms with van der Waals surface area (Å²) in [5.74, 6) is 3.97. The van der Waals surface area contributed by atoms with E-state index < -0.39 is 0 Å². The van der Waals surface area contributed by atoms with Crippen molar-refractivity contribution in [2.24, 2.45) is 5.41 Å². The highest BCUT2D eigenvalue weighted by Gasteiger charge is 2.55. The van der Waals surface area contributed by atoms with Gasteiger partial charge in [-0.3, -0.25) is 10.00 Å². The summed E-state index contributed by atoms with van der Waals surface area (Å²) < 4.78 is 5.51. The van der Waals surface area contributed by atoms with E-state index in [2.05, 4.69) is 22.1 Å². The van der Waals surface area contributed by atoms with Gasteiger partial charge in [0.05, 0.1) is 7.11 Å². The summed E-state index contributed by atoms with van der Waals surface area (Å²) in [5.41, 5.74) is 1.44. The zero-order valence-corrected chi connectivity index (χ0v) is 21.4. The number of amides is 2. The average molecular weight is 499 g/mol. The van der Waals surface area contributed by atoms with Crippen LogP contribution < -0.4 is 4.74 Å². The van der Waals surface area contributed by atoms with Crippen LogP contribution in [-0.2, 0) is 6.54 Å². The first kappa shape index (κ1) is 23.1. The number of hydrogen-bond acceptors (Lipinski definition) is 5. The summed E-state index contributed by atoms with van der Waals surface area (Å²) >= 11 is 6.11. The summed E-state index contributed by atoms with van der Waals surface area (Å²) in [5, 5.41) is 8.29. The third-order valence-corrected chi connectivity index (χ3v) is 8.79. The number of H-pyrrole nitrogens is 1. The Morgan fingerprint density at radius 2 is 1.91 bits per heavy atom. The zero-order chi connectivity index (χ0) is 24.2. The van der Waals surface area contributed by atoms with Crippen LogP contribution >= 0.6 is 11.6 Å². The minimum atomic E-state index is 0.216. The monoisotopic (exact) mass is 498 g/mol. The molecule has 2 amide bonds. The molecule has 2 aromatic rings. The van der Waals surface area contributed by atoms with Gasteiger partial charge in [0.1, 0.15) is 11.6 Å². The Balaban J connectivity index is 0.950. The molecule has 3 heterocycles. The average Bonchev–Trinajstić information content (AvgIpc) is 3.56. The molecule has 1 aromatic carbocycles. The molecule has 1 spiro atoms. The van der Waals surface area contributed by atoms with Gasteiger partial charge in [0, 0.05) is 66.6 Å². The van der Waals surface area contributed by atoms with Gasteiger partial charge in [-0.05, 0) is 57.7 Å². The number of aromatic amines is 1. The topological polar surface area (TPSA) is 77.6 Å². The lowest BCUT2D eigenvalue weighted by molar-refractivity contribution is -0.0578. The Hall–Kier alpha value is -2.32. The highest BCUT2D eigenvalue weighted by atomic mass is 35.5. The van der Waals surface area contributed by atoms with E-state index in [1.165, 1.54) is 12.8 Å². The summed E-state index contributed by atoms with van der Waals surface area (Å²) in [6.07, 6.45) is 6.69. The summed E-state index contributed by atoms with van der Waals surface area (Å²) in [4.78, 5) is 24.3. The fraction of sp³-hybridized carbons (Fsp3) is 0.654. The number of halogens is 1. The van der Waals surface area contributed by atoms with Gasteiger partial charge in [0.2, 0.25) is 0 Å². The van der Waals surface area contributed by atoms with Crippen molar-refractivity contribution in [3.8, 4) is 5.75 Å². The molecule has 0 unspecified atom stereocenters. The molecule has 0 bridgehead atoms. The van der Waals surface area contributed by atoms with Crippen molar-refractivity contribution in [1.29, 1.82) is 0 Å². The lowest BCUT2D eigenvalue weighted by Crippen LogP contribution is -2.66. The Kier molecular flexibility index (Phi) is 5.92. The van der Waals surface area contributed by atoms with Crippen molar-refractivity contribution in [2.45, 2.75) is 62.9 Å². The molecular formula is C26H35ClN6O2. The number of piperidine rings is 1. The summed E-state index contributed by atoms with van der Waals surface area (Å²) in [6, 6.07) is 6.49. The number of methoxy groups -OCH3 is 1. The predicted molar refractivity (Wildman–Crippen MR) is 134 cm³/mol. The molecule has 2 aliphatic heterocycles. The van der Waals surface area contributed by atoms with Gasteiger partial charge in [-0.1, -0.05) is 17.7 Å². The van der Waals surface area contributed by atoms with Gasteiger partial charge in [0.15, 0.2) is 5.82 Å². The molecule has 188 valence electrons. The Morgan fingerprint density at radius 1 is 1.17 bits per heavy atom. The molecule has 35 heavy (non-hydrogen) atoms. The van der Waals surface area contributed by atoms with Crippen LogP contribution in [0.15, 0.2) is 18.2 Å². The third-order valence-electron chi connectivity index (χ3n) is 8.56. The highest BCUT2D eigenvalue weighted by Crippen LogP contribution is 2.55. The van der Waals surface area contributed by atoms with Crippen LogP contribution in [0.2, 0.25) is 5.02 Å². The number of urea groups is 1. The molecule has 2 saturated heterocycles. The zero-order valence-electron chi connectivity index (χ0n) is 20.7. The minimum Gasteiger partial charge on any atom is -0.496 e. The standard InChI is InChI=1S/C26H35ClN6O2/c1-31(14-18-5-6-20(27)11-22(18)35-2)21-7-9-32(10-8-21)25(34)33-15-26(16-33)12-19(13-26)24-28-23(29-30-24)17-3-4-17/h5-6,11,17,19,21H,3-4,7-10,12-16H2,1-2H3,(H,28,29,30). The number of nitrogens with zero attached hydrogens (tertiary/aromatic N) is 5. The fourth-order valence-corrected chi connectivity index (χ4v) is 6.44. The van der Waals surface area contributed by atoms with E-state index in [9.17, 15) is 4.79 Å². The van der Waals surface area contributed by atoms with Crippen molar-refractivity contribution in [2.75, 3.05) is 40.3 Å². The second-order valence-electron chi connectivity index (χ2n) is 11.2. The molecule has 2 aliphatic carbocycles. The van der Waals surface area contributed by atoms with E-state index in [1.54, 1.807) is 7.11 Å². The Labute approximate surface area is 212 Å². The molecule has 1 aromatic heterocycles. The molecule has 1 N–H and O–H groups in total. The van der Waals surface area contributed by atoms with Crippen molar-refractivity contribution in [3.05, 3.63) is 40.4 Å². The molecule has 4 fully saturated rings. The van der Waals surface area contributed by atoms with E-state index >= 15 is 0 Å². The van der Waals surface area contributed by atoms with Gasteiger partial charge in [-0.25, -0.2) is 9.78 Å². The van der Waals surface area contributed by atoms with Crippen molar-refractivity contribution in [3.63, 3.8) is 0 Å². The quantitative estimate of drug-likeness (QED) is 0.644. The predicted octanol–water partition coefficient (Wildman–Crippen LogP) is 4.24. The van der Waals surface area contributed by atoms with Gasteiger partial charge in [0.25, 0.3) is 0 Å². The van der Waals surface area contributed by atoms with E-state index in [-0.39, 0.29) is 6.03 Å².